The van der Waals surface area contributed by atoms with Gasteiger partial charge in [-0.15, -0.1) is 11.3 Å². The van der Waals surface area contributed by atoms with Crippen molar-refractivity contribution in [2.75, 3.05) is 12.0 Å². The number of anilines is 1. The summed E-state index contributed by atoms with van der Waals surface area (Å²) in [6.07, 6.45) is 5.34. The van der Waals surface area contributed by atoms with Gasteiger partial charge in [-0.05, 0) is 75.4 Å². The molecule has 1 aliphatic carbocycles. The normalized spacial score (nSPS) is 14.8. The predicted molar refractivity (Wildman–Crippen MR) is 145 cm³/mol. The number of carbonyl (C=O) groups is 2. The number of ether oxygens (including phenoxy) is 1. The van der Waals surface area contributed by atoms with Crippen LogP contribution in [0.5, 0.6) is 5.75 Å². The number of methoxy groups -OCH3 is 1. The number of aryl methyl sites for hydroxylation is 3. The van der Waals surface area contributed by atoms with E-state index < -0.39 is 6.04 Å². The molecule has 1 atom stereocenters. The molecule has 1 fully saturated rings. The van der Waals surface area contributed by atoms with Crippen LogP contribution >= 0.6 is 11.3 Å². The Morgan fingerprint density at radius 1 is 1.03 bits per heavy atom. The first-order chi connectivity index (χ1) is 17.3. The maximum Gasteiger partial charge on any atom is 0.271 e. The third kappa shape index (κ3) is 5.46. The lowest BCUT2D eigenvalue weighted by molar-refractivity contribution is -0.123. The first-order valence-electron chi connectivity index (χ1n) is 12.6. The molecule has 0 aliphatic heterocycles. The van der Waals surface area contributed by atoms with Crippen LogP contribution in [0.1, 0.15) is 75.2 Å². The number of thiazole rings is 1. The van der Waals surface area contributed by atoms with E-state index in [0.29, 0.717) is 16.3 Å². The molecule has 0 bridgehead atoms. The summed E-state index contributed by atoms with van der Waals surface area (Å²) in [5.41, 5.74) is 4.17. The Hall–Kier alpha value is -3.19. The number of nitrogens with zero attached hydrogens (tertiary/aromatic N) is 2. The van der Waals surface area contributed by atoms with E-state index in [9.17, 15) is 9.59 Å². The van der Waals surface area contributed by atoms with Crippen LogP contribution in [0, 0.1) is 27.7 Å². The maximum atomic E-state index is 14.3. The SMILES string of the molecule is COc1ccc([C@@H](C(=O)NC2CCCCC2)N(C(=O)c2sc(C)nc2C)c2cccc(C)c2C)cc1. The zero-order chi connectivity index (χ0) is 25.8. The predicted octanol–water partition coefficient (Wildman–Crippen LogP) is 6.22. The van der Waals surface area contributed by atoms with Crippen LogP contribution in [0.4, 0.5) is 5.69 Å². The molecule has 36 heavy (non-hydrogen) atoms. The highest BCUT2D eigenvalue weighted by atomic mass is 32.1. The van der Waals surface area contributed by atoms with Crippen LogP contribution < -0.4 is 15.0 Å². The minimum absolute atomic E-state index is 0.120. The molecule has 1 aromatic heterocycles. The highest BCUT2D eigenvalue weighted by Gasteiger charge is 2.36. The smallest absolute Gasteiger partial charge is 0.271 e. The van der Waals surface area contributed by atoms with Gasteiger partial charge in [0.2, 0.25) is 5.91 Å². The minimum Gasteiger partial charge on any atom is -0.497 e. The number of benzene rings is 2. The Kier molecular flexibility index (Phi) is 8.09. The molecule has 190 valence electrons. The van der Waals surface area contributed by atoms with Crippen molar-refractivity contribution in [1.29, 1.82) is 0 Å². The summed E-state index contributed by atoms with van der Waals surface area (Å²) in [7, 11) is 1.61. The number of nitrogens with one attached hydrogen (secondary N) is 1. The van der Waals surface area contributed by atoms with Crippen molar-refractivity contribution >= 4 is 28.8 Å². The average molecular weight is 506 g/mol. The number of aromatic nitrogens is 1. The van der Waals surface area contributed by atoms with E-state index in [2.05, 4.69) is 10.3 Å². The van der Waals surface area contributed by atoms with Crippen molar-refractivity contribution in [3.63, 3.8) is 0 Å². The largest absolute Gasteiger partial charge is 0.497 e. The molecule has 2 aromatic carbocycles. The van der Waals surface area contributed by atoms with Gasteiger partial charge in [0.1, 0.15) is 16.7 Å². The Morgan fingerprint density at radius 3 is 2.33 bits per heavy atom. The summed E-state index contributed by atoms with van der Waals surface area (Å²) in [4.78, 5) is 35.0. The van der Waals surface area contributed by atoms with Crippen molar-refractivity contribution in [2.45, 2.75) is 71.9 Å². The number of carbonyl (C=O) groups excluding carboxylic acids is 2. The second-order valence-corrected chi connectivity index (χ2v) is 10.8. The molecule has 1 heterocycles. The van der Waals surface area contributed by atoms with Crippen LogP contribution in [0.25, 0.3) is 0 Å². The van der Waals surface area contributed by atoms with E-state index in [1.165, 1.54) is 17.8 Å². The fraction of sp³-hybridized carbons (Fsp3) is 0.414. The quantitative estimate of drug-likeness (QED) is 0.414. The van der Waals surface area contributed by atoms with Gasteiger partial charge in [-0.1, -0.05) is 43.5 Å². The molecule has 1 N–H and O–H groups in total. The maximum absolute atomic E-state index is 14.3. The fourth-order valence-corrected chi connectivity index (χ4v) is 5.79. The van der Waals surface area contributed by atoms with Crippen LogP contribution in [0.3, 0.4) is 0 Å². The third-order valence-electron chi connectivity index (χ3n) is 7.04. The molecule has 1 saturated carbocycles. The number of rotatable bonds is 7. The standard InChI is InChI=1S/C29H35N3O3S/c1-18-10-9-13-25(19(18)2)32(29(34)27-20(3)30-21(4)36-27)26(22-14-16-24(35-5)17-15-22)28(33)31-23-11-7-6-8-12-23/h9-10,13-17,23,26H,6-8,11-12H2,1-5H3,(H,31,33)/t26-/m0/s1. The highest BCUT2D eigenvalue weighted by Crippen LogP contribution is 2.35. The van der Waals surface area contributed by atoms with Crippen LogP contribution in [-0.4, -0.2) is 29.9 Å². The zero-order valence-corrected chi connectivity index (χ0v) is 22.6. The van der Waals surface area contributed by atoms with E-state index >= 15 is 0 Å². The number of amides is 2. The monoisotopic (exact) mass is 505 g/mol. The van der Waals surface area contributed by atoms with Gasteiger partial charge in [-0.25, -0.2) is 4.98 Å². The molecule has 4 rings (SSSR count). The van der Waals surface area contributed by atoms with E-state index in [1.54, 1.807) is 12.0 Å². The first kappa shape index (κ1) is 25.9. The van der Waals surface area contributed by atoms with Gasteiger partial charge in [-0.2, -0.15) is 0 Å². The number of hydrogen-bond donors (Lipinski definition) is 1. The molecular formula is C29H35N3O3S. The van der Waals surface area contributed by atoms with Crippen molar-refractivity contribution in [3.05, 3.63) is 74.7 Å². The van der Waals surface area contributed by atoms with Crippen LogP contribution in [-0.2, 0) is 4.79 Å². The Balaban J connectivity index is 1.86. The molecule has 0 unspecified atom stereocenters. The summed E-state index contributed by atoms with van der Waals surface area (Å²) in [5, 5.41) is 4.10. The Labute approximate surface area is 217 Å². The van der Waals surface area contributed by atoms with E-state index in [-0.39, 0.29) is 17.9 Å². The Bertz CT molecular complexity index is 1230. The molecule has 2 amide bonds. The summed E-state index contributed by atoms with van der Waals surface area (Å²) < 4.78 is 5.36. The van der Waals surface area contributed by atoms with E-state index in [4.69, 9.17) is 4.74 Å². The molecule has 7 heteroatoms. The van der Waals surface area contributed by atoms with Gasteiger partial charge in [0, 0.05) is 11.7 Å². The lowest BCUT2D eigenvalue weighted by atomic mass is 9.94. The highest BCUT2D eigenvalue weighted by molar-refractivity contribution is 7.13. The number of hydrogen-bond acceptors (Lipinski definition) is 5. The van der Waals surface area contributed by atoms with Crippen LogP contribution in [0.15, 0.2) is 42.5 Å². The van der Waals surface area contributed by atoms with Crippen molar-refractivity contribution < 1.29 is 14.3 Å². The summed E-state index contributed by atoms with van der Waals surface area (Å²) in [6.45, 7) is 7.77. The zero-order valence-electron chi connectivity index (χ0n) is 21.8. The average Bonchev–Trinajstić information content (AvgIpc) is 3.22. The summed E-state index contributed by atoms with van der Waals surface area (Å²) in [6, 6.07) is 12.6. The molecule has 0 radical (unpaired) electrons. The summed E-state index contributed by atoms with van der Waals surface area (Å²) in [5.74, 6) is 0.315. The lowest BCUT2D eigenvalue weighted by Crippen LogP contribution is -2.47. The Morgan fingerprint density at radius 2 is 1.72 bits per heavy atom. The lowest BCUT2D eigenvalue weighted by Gasteiger charge is -2.34. The molecular weight excluding hydrogens is 470 g/mol. The van der Waals surface area contributed by atoms with Gasteiger partial charge < -0.3 is 10.1 Å². The third-order valence-corrected chi connectivity index (χ3v) is 8.10. The van der Waals surface area contributed by atoms with Crippen LogP contribution in [0.2, 0.25) is 0 Å². The van der Waals surface area contributed by atoms with Gasteiger partial charge >= 0.3 is 0 Å². The summed E-state index contributed by atoms with van der Waals surface area (Å²) >= 11 is 1.37. The van der Waals surface area contributed by atoms with E-state index in [1.807, 2.05) is 70.2 Å². The van der Waals surface area contributed by atoms with E-state index in [0.717, 1.165) is 53.1 Å². The molecule has 0 spiro atoms. The van der Waals surface area contributed by atoms with Gasteiger partial charge in [-0.3, -0.25) is 14.5 Å². The second kappa shape index (κ2) is 11.2. The second-order valence-electron chi connectivity index (χ2n) is 9.56. The molecule has 0 saturated heterocycles. The van der Waals surface area contributed by atoms with Gasteiger partial charge in [0.25, 0.3) is 5.91 Å². The fourth-order valence-electron chi connectivity index (χ4n) is 4.93. The first-order valence-corrected chi connectivity index (χ1v) is 13.4. The minimum atomic E-state index is -0.840. The molecule has 6 nitrogen and oxygen atoms in total. The van der Waals surface area contributed by atoms with Crippen molar-refractivity contribution in [2.24, 2.45) is 0 Å². The van der Waals surface area contributed by atoms with Gasteiger partial charge in [0.05, 0.1) is 17.8 Å². The van der Waals surface area contributed by atoms with Crippen molar-refractivity contribution in [3.8, 4) is 5.75 Å². The molecule has 3 aromatic rings. The molecule has 1 aliphatic rings. The topological polar surface area (TPSA) is 71.5 Å². The van der Waals surface area contributed by atoms with Crippen molar-refractivity contribution in [1.82, 2.24) is 10.3 Å². The van der Waals surface area contributed by atoms with Gasteiger partial charge in [0.15, 0.2) is 0 Å².